The highest BCUT2D eigenvalue weighted by molar-refractivity contribution is 9.11. The first-order chi connectivity index (χ1) is 9.97. The predicted octanol–water partition coefficient (Wildman–Crippen LogP) is 2.75. The number of benzene rings is 1. The van der Waals surface area contributed by atoms with Gasteiger partial charge < -0.3 is 5.11 Å². The summed E-state index contributed by atoms with van der Waals surface area (Å²) in [5, 5.41) is 12.3. The van der Waals surface area contributed by atoms with E-state index in [1.54, 1.807) is 18.2 Å². The van der Waals surface area contributed by atoms with E-state index >= 15 is 0 Å². The molecule has 6 heteroatoms. The van der Waals surface area contributed by atoms with Crippen LogP contribution < -0.4 is 0 Å². The van der Waals surface area contributed by atoms with Crippen molar-refractivity contribution in [1.82, 2.24) is 4.90 Å². The predicted molar refractivity (Wildman–Crippen MR) is 83.3 cm³/mol. The first kappa shape index (κ1) is 14.4. The molecule has 1 atom stereocenters. The Morgan fingerprint density at radius 1 is 1.29 bits per heavy atom. The van der Waals surface area contributed by atoms with Crippen LogP contribution in [-0.4, -0.2) is 28.9 Å². The van der Waals surface area contributed by atoms with E-state index in [2.05, 4.69) is 15.9 Å². The van der Waals surface area contributed by atoms with E-state index in [9.17, 15) is 14.7 Å². The Balaban J connectivity index is 2.00. The van der Waals surface area contributed by atoms with Crippen molar-refractivity contribution in [3.05, 3.63) is 55.7 Å². The van der Waals surface area contributed by atoms with Gasteiger partial charge in [-0.2, -0.15) is 0 Å². The molecule has 2 aromatic rings. The van der Waals surface area contributed by atoms with E-state index in [1.165, 1.54) is 18.4 Å². The van der Waals surface area contributed by atoms with Crippen molar-refractivity contribution in [3.8, 4) is 0 Å². The number of carbonyl (C=O) groups excluding carboxylic acids is 2. The van der Waals surface area contributed by atoms with E-state index < -0.39 is 6.10 Å². The van der Waals surface area contributed by atoms with Crippen LogP contribution in [0, 0.1) is 0 Å². The van der Waals surface area contributed by atoms with Crippen LogP contribution in [0.4, 0.5) is 0 Å². The van der Waals surface area contributed by atoms with E-state index in [-0.39, 0.29) is 18.2 Å². The molecule has 2 heterocycles. The van der Waals surface area contributed by atoms with Crippen LogP contribution in [-0.2, 0) is 11.2 Å². The van der Waals surface area contributed by atoms with Crippen LogP contribution in [0.5, 0.6) is 0 Å². The van der Waals surface area contributed by atoms with Crippen molar-refractivity contribution in [2.75, 3.05) is 7.05 Å². The number of nitrogens with zero attached hydrogens (tertiary/aromatic N) is 1. The Hall–Kier alpha value is -1.50. The largest absolute Gasteiger partial charge is 0.384 e. The minimum atomic E-state index is -0.784. The summed E-state index contributed by atoms with van der Waals surface area (Å²) in [6, 6.07) is 7.04. The van der Waals surface area contributed by atoms with Crippen LogP contribution in [0.25, 0.3) is 0 Å². The quantitative estimate of drug-likeness (QED) is 0.832. The van der Waals surface area contributed by atoms with E-state index in [1.807, 2.05) is 11.4 Å². The molecule has 0 spiro atoms. The van der Waals surface area contributed by atoms with Crippen LogP contribution in [0.1, 0.15) is 33.2 Å². The Morgan fingerprint density at radius 2 is 2.05 bits per heavy atom. The third-order valence-electron chi connectivity index (χ3n) is 3.60. The second-order valence-electron chi connectivity index (χ2n) is 4.94. The molecule has 0 fully saturated rings. The van der Waals surface area contributed by atoms with Gasteiger partial charge in [-0.3, -0.25) is 14.5 Å². The lowest BCUT2D eigenvalue weighted by Crippen LogP contribution is -2.39. The third-order valence-corrected chi connectivity index (χ3v) is 5.13. The monoisotopic (exact) mass is 365 g/mol. The molecule has 1 aliphatic heterocycles. The summed E-state index contributed by atoms with van der Waals surface area (Å²) >= 11 is 4.86. The highest BCUT2D eigenvalue weighted by Crippen LogP contribution is 2.31. The summed E-state index contributed by atoms with van der Waals surface area (Å²) in [5.74, 6) is -0.524. The zero-order chi connectivity index (χ0) is 15.1. The lowest BCUT2D eigenvalue weighted by molar-refractivity contribution is -0.127. The molecule has 0 radical (unpaired) electrons. The molecular weight excluding hydrogens is 354 g/mol. The smallest absolute Gasteiger partial charge is 0.260 e. The molecule has 0 bridgehead atoms. The molecule has 1 aromatic carbocycles. The van der Waals surface area contributed by atoms with Crippen molar-refractivity contribution in [2.45, 2.75) is 12.5 Å². The first-order valence-corrected chi connectivity index (χ1v) is 8.00. The fourth-order valence-electron chi connectivity index (χ4n) is 2.35. The Kier molecular flexibility index (Phi) is 3.69. The van der Waals surface area contributed by atoms with Gasteiger partial charge in [0.2, 0.25) is 5.91 Å². The first-order valence-electron chi connectivity index (χ1n) is 6.33. The molecule has 0 aliphatic carbocycles. The number of hydrogen-bond donors (Lipinski definition) is 1. The zero-order valence-electron chi connectivity index (χ0n) is 11.2. The Bertz CT molecular complexity index is 740. The van der Waals surface area contributed by atoms with Gasteiger partial charge in [-0.15, -0.1) is 11.3 Å². The summed E-state index contributed by atoms with van der Waals surface area (Å²) in [6.07, 6.45) is -0.564. The highest BCUT2D eigenvalue weighted by atomic mass is 79.9. The number of hydrogen-bond acceptors (Lipinski definition) is 4. The molecule has 1 aliphatic rings. The average Bonchev–Trinajstić information content (AvgIpc) is 2.90. The summed E-state index contributed by atoms with van der Waals surface area (Å²) in [7, 11) is 1.48. The molecule has 4 nitrogen and oxygen atoms in total. The lowest BCUT2D eigenvalue weighted by Gasteiger charge is -2.24. The maximum absolute atomic E-state index is 12.2. The van der Waals surface area contributed by atoms with Crippen LogP contribution in [0.15, 0.2) is 33.4 Å². The normalized spacial score (nSPS) is 16.0. The number of halogens is 1. The topological polar surface area (TPSA) is 57.6 Å². The van der Waals surface area contributed by atoms with Gasteiger partial charge in [-0.05, 0) is 50.1 Å². The number of amides is 2. The van der Waals surface area contributed by atoms with Gasteiger partial charge in [-0.25, -0.2) is 0 Å². The third kappa shape index (κ3) is 2.54. The highest BCUT2D eigenvalue weighted by Gasteiger charge is 2.28. The van der Waals surface area contributed by atoms with Gasteiger partial charge in [0, 0.05) is 12.6 Å². The molecule has 1 aromatic heterocycles. The standard InChI is InChI=1S/C15H12BrNO3S/c1-17-13(18)6-8-2-3-9(4-11(8)15(17)20)14(19)10-5-12(16)21-7-10/h2-5,7,14,19H,6H2,1H3. The van der Waals surface area contributed by atoms with Gasteiger partial charge in [0.1, 0.15) is 6.10 Å². The van der Waals surface area contributed by atoms with Gasteiger partial charge in [0.25, 0.3) is 5.91 Å². The minimum absolute atomic E-state index is 0.206. The average molecular weight is 366 g/mol. The number of likely N-dealkylation sites (N-methyl/N-ethyl adjacent to an activating group) is 1. The summed E-state index contributed by atoms with van der Waals surface area (Å²) in [6.45, 7) is 0. The van der Waals surface area contributed by atoms with Gasteiger partial charge in [0.05, 0.1) is 10.2 Å². The van der Waals surface area contributed by atoms with Crippen LogP contribution in [0.3, 0.4) is 0 Å². The SMILES string of the molecule is CN1C(=O)Cc2ccc(C(O)c3csc(Br)c3)cc2C1=O. The van der Waals surface area contributed by atoms with Crippen molar-refractivity contribution < 1.29 is 14.7 Å². The molecule has 1 unspecified atom stereocenters. The summed E-state index contributed by atoms with van der Waals surface area (Å²) in [4.78, 5) is 24.9. The van der Waals surface area contributed by atoms with Crippen molar-refractivity contribution in [2.24, 2.45) is 0 Å². The fraction of sp³-hybridized carbons (Fsp3) is 0.200. The molecule has 1 N–H and O–H groups in total. The van der Waals surface area contributed by atoms with Crippen LogP contribution >= 0.6 is 27.3 Å². The molecule has 2 amide bonds. The number of carbonyl (C=O) groups is 2. The summed E-state index contributed by atoms with van der Waals surface area (Å²) < 4.78 is 0.941. The number of thiophene rings is 1. The van der Waals surface area contributed by atoms with Crippen molar-refractivity contribution in [3.63, 3.8) is 0 Å². The van der Waals surface area contributed by atoms with Gasteiger partial charge in [0.15, 0.2) is 0 Å². The van der Waals surface area contributed by atoms with Crippen molar-refractivity contribution >= 4 is 39.1 Å². The second kappa shape index (κ2) is 5.36. The summed E-state index contributed by atoms with van der Waals surface area (Å²) in [5.41, 5.74) is 2.63. The molecule has 0 saturated heterocycles. The number of fused-ring (bicyclic) bond motifs is 1. The van der Waals surface area contributed by atoms with E-state index in [4.69, 9.17) is 0 Å². The molecule has 21 heavy (non-hydrogen) atoms. The van der Waals surface area contributed by atoms with Gasteiger partial charge in [-0.1, -0.05) is 12.1 Å². The lowest BCUT2D eigenvalue weighted by atomic mass is 9.93. The van der Waals surface area contributed by atoms with Gasteiger partial charge >= 0.3 is 0 Å². The Labute approximate surface area is 134 Å². The maximum Gasteiger partial charge on any atom is 0.260 e. The van der Waals surface area contributed by atoms with Crippen LogP contribution in [0.2, 0.25) is 0 Å². The molecule has 3 rings (SSSR count). The van der Waals surface area contributed by atoms with E-state index in [0.717, 1.165) is 14.2 Å². The maximum atomic E-state index is 12.2. The number of rotatable bonds is 2. The molecule has 108 valence electrons. The number of aliphatic hydroxyl groups excluding tert-OH is 1. The Morgan fingerprint density at radius 3 is 2.71 bits per heavy atom. The molecular formula is C15H12BrNO3S. The number of imide groups is 1. The zero-order valence-corrected chi connectivity index (χ0v) is 13.6. The molecule has 0 saturated carbocycles. The van der Waals surface area contributed by atoms with E-state index in [0.29, 0.717) is 16.7 Å². The fourth-order valence-corrected chi connectivity index (χ4v) is 3.55. The van der Waals surface area contributed by atoms with Crippen molar-refractivity contribution in [1.29, 1.82) is 0 Å². The second-order valence-corrected chi connectivity index (χ2v) is 7.23. The minimum Gasteiger partial charge on any atom is -0.384 e. The number of aliphatic hydroxyl groups is 1.